The SMILES string of the molecule is CNC(Cc1ccc(F)cc1C)c1ccccc1. The third kappa shape index (κ3) is 2.96. The number of hydrogen-bond donors (Lipinski definition) is 1. The molecule has 18 heavy (non-hydrogen) atoms. The molecule has 0 spiro atoms. The van der Waals surface area contributed by atoms with Gasteiger partial charge in [-0.15, -0.1) is 0 Å². The van der Waals surface area contributed by atoms with Crippen LogP contribution in [0.1, 0.15) is 22.7 Å². The Kier molecular flexibility index (Phi) is 4.11. The average Bonchev–Trinajstić information content (AvgIpc) is 2.39. The third-order valence-electron chi connectivity index (χ3n) is 3.28. The lowest BCUT2D eigenvalue weighted by atomic mass is 9.96. The maximum absolute atomic E-state index is 13.1. The summed E-state index contributed by atoms with van der Waals surface area (Å²) < 4.78 is 13.1. The van der Waals surface area contributed by atoms with E-state index in [0.717, 1.165) is 12.0 Å². The molecule has 0 amide bonds. The van der Waals surface area contributed by atoms with E-state index in [0.29, 0.717) is 0 Å². The fraction of sp³-hybridized carbons (Fsp3) is 0.250. The zero-order valence-corrected chi connectivity index (χ0v) is 10.8. The maximum Gasteiger partial charge on any atom is 0.123 e. The van der Waals surface area contributed by atoms with Gasteiger partial charge in [0.25, 0.3) is 0 Å². The van der Waals surface area contributed by atoms with Gasteiger partial charge < -0.3 is 5.32 Å². The third-order valence-corrected chi connectivity index (χ3v) is 3.28. The van der Waals surface area contributed by atoms with Gasteiger partial charge >= 0.3 is 0 Å². The van der Waals surface area contributed by atoms with Crippen LogP contribution >= 0.6 is 0 Å². The van der Waals surface area contributed by atoms with Crippen molar-refractivity contribution in [2.24, 2.45) is 0 Å². The number of benzene rings is 2. The van der Waals surface area contributed by atoms with Crippen molar-refractivity contribution in [1.82, 2.24) is 5.32 Å². The molecule has 1 atom stereocenters. The van der Waals surface area contributed by atoms with E-state index in [-0.39, 0.29) is 11.9 Å². The standard InChI is InChI=1S/C16H18FN/c1-12-10-15(17)9-8-14(12)11-16(18-2)13-6-4-3-5-7-13/h3-10,16,18H,11H2,1-2H3. The van der Waals surface area contributed by atoms with Crippen molar-refractivity contribution in [2.45, 2.75) is 19.4 Å². The molecule has 0 fully saturated rings. The van der Waals surface area contributed by atoms with Crippen LogP contribution < -0.4 is 5.32 Å². The molecular weight excluding hydrogens is 225 g/mol. The lowest BCUT2D eigenvalue weighted by molar-refractivity contribution is 0.587. The van der Waals surface area contributed by atoms with Crippen LogP contribution in [0, 0.1) is 12.7 Å². The zero-order valence-electron chi connectivity index (χ0n) is 10.8. The number of aryl methyl sites for hydroxylation is 1. The largest absolute Gasteiger partial charge is 0.313 e. The highest BCUT2D eigenvalue weighted by molar-refractivity contribution is 5.29. The van der Waals surface area contributed by atoms with Crippen LogP contribution in [0.2, 0.25) is 0 Å². The monoisotopic (exact) mass is 243 g/mol. The van der Waals surface area contributed by atoms with Gasteiger partial charge in [0.1, 0.15) is 5.82 Å². The molecule has 2 heteroatoms. The molecule has 94 valence electrons. The summed E-state index contributed by atoms with van der Waals surface area (Å²) in [5.41, 5.74) is 3.44. The fourth-order valence-electron chi connectivity index (χ4n) is 2.18. The minimum atomic E-state index is -0.169. The van der Waals surface area contributed by atoms with Crippen LogP contribution in [0.15, 0.2) is 48.5 Å². The van der Waals surface area contributed by atoms with Crippen LogP contribution in [0.3, 0.4) is 0 Å². The summed E-state index contributed by atoms with van der Waals surface area (Å²) in [6.07, 6.45) is 0.868. The molecule has 0 radical (unpaired) electrons. The van der Waals surface area contributed by atoms with E-state index in [1.54, 1.807) is 6.07 Å². The molecule has 0 aliphatic carbocycles. The van der Waals surface area contributed by atoms with Gasteiger partial charge in [0.05, 0.1) is 0 Å². The lowest BCUT2D eigenvalue weighted by Gasteiger charge is -2.18. The van der Waals surface area contributed by atoms with Crippen molar-refractivity contribution < 1.29 is 4.39 Å². The molecule has 2 aromatic rings. The second-order valence-electron chi connectivity index (χ2n) is 4.53. The van der Waals surface area contributed by atoms with E-state index >= 15 is 0 Å². The highest BCUT2D eigenvalue weighted by Crippen LogP contribution is 2.20. The minimum absolute atomic E-state index is 0.169. The fourth-order valence-corrected chi connectivity index (χ4v) is 2.18. The Morgan fingerprint density at radius 1 is 1.11 bits per heavy atom. The molecule has 0 bridgehead atoms. The minimum Gasteiger partial charge on any atom is -0.313 e. The summed E-state index contributed by atoms with van der Waals surface area (Å²) in [6, 6.07) is 15.6. The molecule has 1 nitrogen and oxygen atoms in total. The first-order valence-corrected chi connectivity index (χ1v) is 6.18. The van der Waals surface area contributed by atoms with Crippen molar-refractivity contribution in [3.05, 3.63) is 71.0 Å². The van der Waals surface area contributed by atoms with Gasteiger partial charge in [-0.3, -0.25) is 0 Å². The number of hydrogen-bond acceptors (Lipinski definition) is 1. The maximum atomic E-state index is 13.1. The topological polar surface area (TPSA) is 12.0 Å². The number of nitrogens with one attached hydrogen (secondary N) is 1. The molecule has 2 rings (SSSR count). The first kappa shape index (κ1) is 12.8. The number of rotatable bonds is 4. The predicted octanol–water partition coefficient (Wildman–Crippen LogP) is 3.64. The zero-order chi connectivity index (χ0) is 13.0. The average molecular weight is 243 g/mol. The molecule has 0 aliphatic rings. The Balaban J connectivity index is 2.21. The Hall–Kier alpha value is -1.67. The van der Waals surface area contributed by atoms with Gasteiger partial charge in [-0.05, 0) is 49.2 Å². The van der Waals surface area contributed by atoms with Crippen LogP contribution in [0.25, 0.3) is 0 Å². The summed E-state index contributed by atoms with van der Waals surface area (Å²) in [5.74, 6) is -0.169. The number of halogens is 1. The highest BCUT2D eigenvalue weighted by atomic mass is 19.1. The van der Waals surface area contributed by atoms with Crippen molar-refractivity contribution in [3.8, 4) is 0 Å². The van der Waals surface area contributed by atoms with Crippen LogP contribution in [-0.2, 0) is 6.42 Å². The highest BCUT2D eigenvalue weighted by Gasteiger charge is 2.11. The summed E-state index contributed by atoms with van der Waals surface area (Å²) in [5, 5.41) is 3.31. The second kappa shape index (κ2) is 5.78. The number of likely N-dealkylation sites (N-methyl/N-ethyl adjacent to an activating group) is 1. The molecule has 1 N–H and O–H groups in total. The van der Waals surface area contributed by atoms with Crippen LogP contribution in [-0.4, -0.2) is 7.05 Å². The smallest absolute Gasteiger partial charge is 0.123 e. The van der Waals surface area contributed by atoms with E-state index < -0.39 is 0 Å². The Morgan fingerprint density at radius 2 is 1.83 bits per heavy atom. The van der Waals surface area contributed by atoms with Gasteiger partial charge in [-0.25, -0.2) is 4.39 Å². The summed E-state index contributed by atoms with van der Waals surface area (Å²) >= 11 is 0. The molecule has 1 unspecified atom stereocenters. The van der Waals surface area contributed by atoms with E-state index in [1.807, 2.05) is 38.2 Å². The van der Waals surface area contributed by atoms with E-state index in [2.05, 4.69) is 17.4 Å². The van der Waals surface area contributed by atoms with Crippen LogP contribution in [0.4, 0.5) is 4.39 Å². The lowest BCUT2D eigenvalue weighted by Crippen LogP contribution is -2.19. The molecule has 0 aromatic heterocycles. The van der Waals surface area contributed by atoms with Gasteiger partial charge in [0.15, 0.2) is 0 Å². The van der Waals surface area contributed by atoms with E-state index in [9.17, 15) is 4.39 Å². The second-order valence-corrected chi connectivity index (χ2v) is 4.53. The summed E-state index contributed by atoms with van der Waals surface area (Å²) in [7, 11) is 1.95. The van der Waals surface area contributed by atoms with Crippen molar-refractivity contribution in [2.75, 3.05) is 7.05 Å². The Bertz CT molecular complexity index is 508. The molecule has 0 saturated carbocycles. The summed E-state index contributed by atoms with van der Waals surface area (Å²) in [6.45, 7) is 1.95. The Labute approximate surface area is 108 Å². The van der Waals surface area contributed by atoms with E-state index in [4.69, 9.17) is 0 Å². The first-order valence-electron chi connectivity index (χ1n) is 6.18. The molecular formula is C16H18FN. The Morgan fingerprint density at radius 3 is 2.44 bits per heavy atom. The van der Waals surface area contributed by atoms with Gasteiger partial charge in [0, 0.05) is 6.04 Å². The quantitative estimate of drug-likeness (QED) is 0.864. The van der Waals surface area contributed by atoms with Gasteiger partial charge in [-0.2, -0.15) is 0 Å². The van der Waals surface area contributed by atoms with Gasteiger partial charge in [-0.1, -0.05) is 36.4 Å². The molecule has 0 saturated heterocycles. The first-order chi connectivity index (χ1) is 8.70. The molecule has 2 aromatic carbocycles. The van der Waals surface area contributed by atoms with Gasteiger partial charge in [0.2, 0.25) is 0 Å². The van der Waals surface area contributed by atoms with Crippen molar-refractivity contribution in [3.63, 3.8) is 0 Å². The van der Waals surface area contributed by atoms with Crippen molar-refractivity contribution >= 4 is 0 Å². The van der Waals surface area contributed by atoms with Crippen LogP contribution in [0.5, 0.6) is 0 Å². The molecule has 0 aliphatic heterocycles. The summed E-state index contributed by atoms with van der Waals surface area (Å²) in [4.78, 5) is 0. The van der Waals surface area contributed by atoms with Crippen molar-refractivity contribution in [1.29, 1.82) is 0 Å². The normalized spacial score (nSPS) is 12.4. The molecule has 0 heterocycles. The van der Waals surface area contributed by atoms with E-state index in [1.165, 1.54) is 17.2 Å². The predicted molar refractivity (Wildman–Crippen MR) is 73.1 cm³/mol.